The number of aromatic nitrogens is 3. The number of carbonyl (C=O) groups is 2. The Morgan fingerprint density at radius 2 is 1.82 bits per heavy atom. The number of halogens is 1. The molecule has 0 saturated carbocycles. The number of esters is 1. The highest BCUT2D eigenvalue weighted by molar-refractivity contribution is 6.30. The third kappa shape index (κ3) is 5.01. The van der Waals surface area contributed by atoms with Crippen LogP contribution in [-0.2, 0) is 9.53 Å². The standard InChI is InChI=1S/C25H30ClN5O3/c1-16(2)22-13-20(21-14-27-31(17(3)4)24(21)28-22)25(33)34-15-23(32)30-10-8-29(9-11-30)19-7-5-6-18(26)12-19/h5-7,12-14,16-17H,8-11,15H2,1-4H3. The van der Waals surface area contributed by atoms with Gasteiger partial charge in [0.15, 0.2) is 12.3 Å². The van der Waals surface area contributed by atoms with Crippen molar-refractivity contribution in [2.24, 2.45) is 0 Å². The molecule has 0 N–H and O–H groups in total. The summed E-state index contributed by atoms with van der Waals surface area (Å²) in [5, 5.41) is 5.72. The molecule has 34 heavy (non-hydrogen) atoms. The van der Waals surface area contributed by atoms with E-state index in [4.69, 9.17) is 21.3 Å². The van der Waals surface area contributed by atoms with E-state index in [1.54, 1.807) is 21.8 Å². The molecule has 1 amide bonds. The summed E-state index contributed by atoms with van der Waals surface area (Å²) in [5.74, 6) is -0.612. The zero-order valence-corrected chi connectivity index (χ0v) is 20.7. The van der Waals surface area contributed by atoms with E-state index in [0.717, 1.165) is 11.4 Å². The number of hydrogen-bond donors (Lipinski definition) is 0. The molecule has 1 aromatic carbocycles. The van der Waals surface area contributed by atoms with Crippen molar-refractivity contribution in [1.29, 1.82) is 0 Å². The summed E-state index contributed by atoms with van der Waals surface area (Å²) in [5.41, 5.74) is 2.86. The fourth-order valence-electron chi connectivity index (χ4n) is 4.06. The van der Waals surface area contributed by atoms with E-state index < -0.39 is 5.97 Å². The normalized spacial score (nSPS) is 14.3. The molecule has 0 spiro atoms. The second kappa shape index (κ2) is 10.0. The van der Waals surface area contributed by atoms with E-state index in [1.165, 1.54) is 0 Å². The zero-order chi connectivity index (χ0) is 24.4. The fourth-order valence-corrected chi connectivity index (χ4v) is 4.25. The van der Waals surface area contributed by atoms with Gasteiger partial charge in [0.2, 0.25) is 0 Å². The summed E-state index contributed by atoms with van der Waals surface area (Å²) in [6, 6.07) is 9.53. The Morgan fingerprint density at radius 3 is 2.47 bits per heavy atom. The maximum atomic E-state index is 13.0. The van der Waals surface area contributed by atoms with E-state index >= 15 is 0 Å². The van der Waals surface area contributed by atoms with Gasteiger partial charge in [-0.3, -0.25) is 4.79 Å². The number of piperazine rings is 1. The van der Waals surface area contributed by atoms with Crippen LogP contribution in [0.25, 0.3) is 11.0 Å². The van der Waals surface area contributed by atoms with E-state index in [2.05, 4.69) is 10.00 Å². The molecule has 1 aliphatic rings. The number of ether oxygens (including phenoxy) is 1. The molecule has 8 nitrogen and oxygen atoms in total. The van der Waals surface area contributed by atoms with Gasteiger partial charge in [0.1, 0.15) is 0 Å². The molecule has 1 fully saturated rings. The summed E-state index contributed by atoms with van der Waals surface area (Å²) in [4.78, 5) is 34.4. The first-order valence-corrected chi connectivity index (χ1v) is 12.0. The van der Waals surface area contributed by atoms with Crippen LogP contribution in [0.1, 0.15) is 55.7 Å². The minimum atomic E-state index is -0.538. The lowest BCUT2D eigenvalue weighted by Gasteiger charge is -2.36. The highest BCUT2D eigenvalue weighted by Crippen LogP contribution is 2.25. The number of anilines is 1. The molecule has 1 aliphatic heterocycles. The van der Waals surface area contributed by atoms with Crippen LogP contribution in [0.15, 0.2) is 36.5 Å². The monoisotopic (exact) mass is 483 g/mol. The Kier molecular flexibility index (Phi) is 7.07. The Hall–Kier alpha value is -3.13. The van der Waals surface area contributed by atoms with Gasteiger partial charge in [-0.2, -0.15) is 5.10 Å². The van der Waals surface area contributed by atoms with Crippen molar-refractivity contribution < 1.29 is 14.3 Å². The Morgan fingerprint density at radius 1 is 1.09 bits per heavy atom. The predicted molar refractivity (Wildman–Crippen MR) is 133 cm³/mol. The van der Waals surface area contributed by atoms with Gasteiger partial charge in [0.25, 0.3) is 5.91 Å². The van der Waals surface area contributed by atoms with Crippen molar-refractivity contribution in [2.75, 3.05) is 37.7 Å². The van der Waals surface area contributed by atoms with Crippen LogP contribution in [0.3, 0.4) is 0 Å². The summed E-state index contributed by atoms with van der Waals surface area (Å²) in [7, 11) is 0. The van der Waals surface area contributed by atoms with E-state index in [1.807, 2.05) is 52.0 Å². The van der Waals surface area contributed by atoms with Gasteiger partial charge in [0, 0.05) is 48.6 Å². The second-order valence-electron chi connectivity index (χ2n) is 9.09. The van der Waals surface area contributed by atoms with Crippen LogP contribution in [0, 0.1) is 0 Å². The number of carbonyl (C=O) groups excluding carboxylic acids is 2. The Balaban J connectivity index is 1.41. The van der Waals surface area contributed by atoms with Crippen molar-refractivity contribution in [1.82, 2.24) is 19.7 Å². The van der Waals surface area contributed by atoms with E-state index in [-0.39, 0.29) is 24.5 Å². The van der Waals surface area contributed by atoms with E-state index in [9.17, 15) is 9.59 Å². The maximum Gasteiger partial charge on any atom is 0.339 e. The number of benzene rings is 1. The van der Waals surface area contributed by atoms with Crippen molar-refractivity contribution >= 4 is 40.2 Å². The summed E-state index contributed by atoms with van der Waals surface area (Å²) in [6.07, 6.45) is 1.64. The first-order chi connectivity index (χ1) is 16.2. The average molecular weight is 484 g/mol. The number of amides is 1. The van der Waals surface area contributed by atoms with Crippen LogP contribution in [0.2, 0.25) is 5.02 Å². The number of rotatable bonds is 6. The SMILES string of the molecule is CC(C)c1cc(C(=O)OCC(=O)N2CCN(c3cccc(Cl)c3)CC2)c2cnn(C(C)C)c2n1. The molecule has 3 aromatic rings. The molecule has 4 rings (SSSR count). The molecule has 0 bridgehead atoms. The number of hydrogen-bond acceptors (Lipinski definition) is 6. The lowest BCUT2D eigenvalue weighted by molar-refractivity contribution is -0.134. The summed E-state index contributed by atoms with van der Waals surface area (Å²) < 4.78 is 7.25. The highest BCUT2D eigenvalue weighted by atomic mass is 35.5. The lowest BCUT2D eigenvalue weighted by Crippen LogP contribution is -2.49. The average Bonchev–Trinajstić information content (AvgIpc) is 3.26. The second-order valence-corrected chi connectivity index (χ2v) is 9.53. The number of pyridine rings is 1. The Bertz CT molecular complexity index is 1200. The first-order valence-electron chi connectivity index (χ1n) is 11.6. The van der Waals surface area contributed by atoms with Gasteiger partial charge < -0.3 is 14.5 Å². The van der Waals surface area contributed by atoms with Crippen LogP contribution in [0.4, 0.5) is 5.69 Å². The van der Waals surface area contributed by atoms with Crippen LogP contribution in [-0.4, -0.2) is 64.3 Å². The zero-order valence-electron chi connectivity index (χ0n) is 20.0. The van der Waals surface area contributed by atoms with Crippen molar-refractivity contribution in [3.63, 3.8) is 0 Å². The summed E-state index contributed by atoms with van der Waals surface area (Å²) in [6.45, 7) is 10.3. The van der Waals surface area contributed by atoms with Crippen molar-refractivity contribution in [3.8, 4) is 0 Å². The molecule has 3 heterocycles. The molecular formula is C25H30ClN5O3. The van der Waals surface area contributed by atoms with Gasteiger partial charge in [-0.15, -0.1) is 0 Å². The molecule has 1 saturated heterocycles. The summed E-state index contributed by atoms with van der Waals surface area (Å²) >= 11 is 6.10. The third-order valence-corrected chi connectivity index (χ3v) is 6.25. The van der Waals surface area contributed by atoms with Crippen molar-refractivity contribution in [2.45, 2.75) is 39.7 Å². The molecule has 180 valence electrons. The van der Waals surface area contributed by atoms with Crippen LogP contribution in [0.5, 0.6) is 0 Å². The highest BCUT2D eigenvalue weighted by Gasteiger charge is 2.24. The molecular weight excluding hydrogens is 454 g/mol. The molecule has 0 atom stereocenters. The molecule has 0 aliphatic carbocycles. The quantitative estimate of drug-likeness (QED) is 0.486. The first kappa shape index (κ1) is 24.0. The van der Waals surface area contributed by atoms with Gasteiger partial charge in [-0.05, 0) is 44.0 Å². The maximum absolute atomic E-state index is 13.0. The van der Waals surface area contributed by atoms with Gasteiger partial charge in [0.05, 0.1) is 17.1 Å². The minimum Gasteiger partial charge on any atom is -0.452 e. The van der Waals surface area contributed by atoms with E-state index in [0.29, 0.717) is 47.8 Å². The van der Waals surface area contributed by atoms with Crippen molar-refractivity contribution in [3.05, 3.63) is 52.8 Å². The fraction of sp³-hybridized carbons (Fsp3) is 0.440. The number of nitrogens with zero attached hydrogens (tertiary/aromatic N) is 5. The largest absolute Gasteiger partial charge is 0.452 e. The minimum absolute atomic E-state index is 0.100. The van der Waals surface area contributed by atoms with Crippen LogP contribution < -0.4 is 4.90 Å². The molecule has 9 heteroatoms. The smallest absolute Gasteiger partial charge is 0.339 e. The van der Waals surface area contributed by atoms with Gasteiger partial charge >= 0.3 is 5.97 Å². The van der Waals surface area contributed by atoms with Crippen LogP contribution >= 0.6 is 11.6 Å². The topological polar surface area (TPSA) is 80.6 Å². The van der Waals surface area contributed by atoms with Gasteiger partial charge in [-0.1, -0.05) is 31.5 Å². The predicted octanol–water partition coefficient (Wildman–Crippen LogP) is 4.29. The lowest BCUT2D eigenvalue weighted by atomic mass is 10.1. The molecule has 2 aromatic heterocycles. The number of fused-ring (bicyclic) bond motifs is 1. The molecule has 0 radical (unpaired) electrons. The third-order valence-electron chi connectivity index (χ3n) is 6.02. The molecule has 0 unspecified atom stereocenters. The van der Waals surface area contributed by atoms with Gasteiger partial charge in [-0.25, -0.2) is 14.5 Å². The Labute approximate surface area is 204 Å².